The molecule has 0 aliphatic heterocycles. The van der Waals surface area contributed by atoms with Crippen molar-refractivity contribution in [1.82, 2.24) is 5.32 Å². The van der Waals surface area contributed by atoms with Crippen molar-refractivity contribution in [2.24, 2.45) is 5.73 Å². The highest BCUT2D eigenvalue weighted by molar-refractivity contribution is 9.10. The van der Waals surface area contributed by atoms with Crippen LogP contribution in [0.1, 0.15) is 11.1 Å². The number of hydrogen-bond acceptors (Lipinski definition) is 4. The van der Waals surface area contributed by atoms with E-state index in [1.54, 1.807) is 0 Å². The van der Waals surface area contributed by atoms with E-state index in [0.29, 0.717) is 13.1 Å². The fraction of sp³-hybridized carbons (Fsp3) is 0.278. The monoisotopic (exact) mass is 408 g/mol. The van der Waals surface area contributed by atoms with Crippen LogP contribution in [0.2, 0.25) is 0 Å². The summed E-state index contributed by atoms with van der Waals surface area (Å²) >= 11 is 4.72. The molecule has 1 atom stereocenters. The molecule has 0 radical (unpaired) electrons. The van der Waals surface area contributed by atoms with E-state index in [4.69, 9.17) is 5.73 Å². The highest BCUT2D eigenvalue weighted by Gasteiger charge is 2.17. The number of thioether (sulfide) groups is 1. The van der Waals surface area contributed by atoms with Crippen LogP contribution in [0, 0.1) is 0 Å². The minimum atomic E-state index is -0.859. The predicted molar refractivity (Wildman–Crippen MR) is 102 cm³/mol. The molecule has 0 aliphatic carbocycles. The minimum absolute atomic E-state index is 0.608. The van der Waals surface area contributed by atoms with Crippen LogP contribution in [0.3, 0.4) is 0 Å². The first-order valence-corrected chi connectivity index (χ1v) is 9.42. The molecule has 0 fully saturated rings. The second-order valence-corrected chi connectivity index (χ2v) is 7.44. The third-order valence-electron chi connectivity index (χ3n) is 3.49. The number of carboxylic acid groups (broad SMARTS) is 1. The van der Waals surface area contributed by atoms with Gasteiger partial charge in [-0.3, -0.25) is 5.32 Å². The summed E-state index contributed by atoms with van der Waals surface area (Å²) in [6.07, 6.45) is 1.62. The molecule has 0 amide bonds. The van der Waals surface area contributed by atoms with Gasteiger partial charge < -0.3 is 10.8 Å². The molecule has 0 bridgehead atoms. The van der Waals surface area contributed by atoms with E-state index >= 15 is 0 Å². The fourth-order valence-electron chi connectivity index (χ4n) is 2.22. The summed E-state index contributed by atoms with van der Waals surface area (Å²) < 4.78 is 1.04. The second-order valence-electron chi connectivity index (χ2n) is 5.35. The van der Waals surface area contributed by atoms with E-state index in [-0.39, 0.29) is 0 Å². The van der Waals surface area contributed by atoms with Crippen molar-refractivity contribution in [3.63, 3.8) is 0 Å². The molecule has 2 aromatic carbocycles. The zero-order chi connectivity index (χ0) is 17.4. The maximum absolute atomic E-state index is 11.5. The van der Waals surface area contributed by atoms with Gasteiger partial charge >= 0.3 is 5.97 Å². The second kappa shape index (κ2) is 9.84. The third-order valence-corrected chi connectivity index (χ3v) is 5.17. The summed E-state index contributed by atoms with van der Waals surface area (Å²) in [6.45, 7) is 1.22. The van der Waals surface area contributed by atoms with Gasteiger partial charge in [-0.2, -0.15) is 0 Å². The van der Waals surface area contributed by atoms with E-state index in [9.17, 15) is 9.90 Å². The van der Waals surface area contributed by atoms with Gasteiger partial charge in [0.05, 0.1) is 0 Å². The predicted octanol–water partition coefficient (Wildman–Crippen LogP) is 3.29. The number of nitrogens with two attached hydrogens (primary N) is 1. The summed E-state index contributed by atoms with van der Waals surface area (Å²) in [5.41, 5.74) is 7.87. The van der Waals surface area contributed by atoms with Crippen LogP contribution in [-0.2, 0) is 17.6 Å². The number of carboxylic acids is 1. The molecule has 0 aromatic heterocycles. The molecule has 6 heteroatoms. The Morgan fingerprint density at radius 3 is 2.25 bits per heavy atom. The third kappa shape index (κ3) is 6.28. The van der Waals surface area contributed by atoms with E-state index in [1.165, 1.54) is 17.3 Å². The Morgan fingerprint density at radius 1 is 1.08 bits per heavy atom. The van der Waals surface area contributed by atoms with Crippen LogP contribution < -0.4 is 11.1 Å². The molecule has 1 unspecified atom stereocenters. The van der Waals surface area contributed by atoms with E-state index in [2.05, 4.69) is 21.2 Å². The van der Waals surface area contributed by atoms with Crippen LogP contribution in [-0.4, -0.2) is 29.5 Å². The Kier molecular flexibility index (Phi) is 7.78. The average molecular weight is 409 g/mol. The molecular weight excluding hydrogens is 388 g/mol. The molecule has 0 heterocycles. The van der Waals surface area contributed by atoms with Crippen molar-refractivity contribution in [3.05, 3.63) is 64.1 Å². The maximum Gasteiger partial charge on any atom is 0.331 e. The summed E-state index contributed by atoms with van der Waals surface area (Å²) in [5.74, 6) is -0.859. The van der Waals surface area contributed by atoms with Gasteiger partial charge in [-0.15, -0.1) is 0 Å². The highest BCUT2D eigenvalue weighted by Crippen LogP contribution is 2.23. The molecule has 2 aromatic rings. The summed E-state index contributed by atoms with van der Waals surface area (Å²) in [6, 6.07) is 15.9. The lowest BCUT2D eigenvalue weighted by Gasteiger charge is -2.14. The molecule has 0 spiro atoms. The van der Waals surface area contributed by atoms with Gasteiger partial charge in [0.2, 0.25) is 0 Å². The number of benzene rings is 2. The van der Waals surface area contributed by atoms with E-state index in [1.807, 2.05) is 48.5 Å². The molecule has 0 saturated carbocycles. The lowest BCUT2D eigenvalue weighted by atomic mass is 10.1. The zero-order valence-electron chi connectivity index (χ0n) is 13.2. The maximum atomic E-state index is 11.5. The van der Waals surface area contributed by atoms with Gasteiger partial charge in [-0.1, -0.05) is 52.0 Å². The van der Waals surface area contributed by atoms with Crippen molar-refractivity contribution in [2.45, 2.75) is 23.1 Å². The summed E-state index contributed by atoms with van der Waals surface area (Å²) in [5, 5.41) is 11.8. The van der Waals surface area contributed by atoms with Gasteiger partial charge in [0, 0.05) is 15.9 Å². The Morgan fingerprint density at radius 2 is 1.67 bits per heavy atom. The Hall–Kier alpha value is -1.34. The average Bonchev–Trinajstić information content (AvgIpc) is 2.57. The van der Waals surface area contributed by atoms with Gasteiger partial charge in [0.25, 0.3) is 0 Å². The van der Waals surface area contributed by atoms with Gasteiger partial charge in [-0.05, 0) is 54.8 Å². The molecule has 24 heavy (non-hydrogen) atoms. The molecular formula is C18H21BrN2O2S. The van der Waals surface area contributed by atoms with Crippen molar-refractivity contribution < 1.29 is 9.90 Å². The summed E-state index contributed by atoms with van der Waals surface area (Å²) in [4.78, 5) is 12.4. The molecule has 2 rings (SSSR count). The SMILES string of the molecule is NCCc1ccc(SC(NCCc2ccc(Br)cc2)C(=O)O)cc1. The molecule has 128 valence electrons. The van der Waals surface area contributed by atoms with Crippen molar-refractivity contribution in [2.75, 3.05) is 13.1 Å². The van der Waals surface area contributed by atoms with Gasteiger partial charge in [0.1, 0.15) is 0 Å². The zero-order valence-corrected chi connectivity index (χ0v) is 15.6. The first-order valence-electron chi connectivity index (χ1n) is 7.75. The number of hydrogen-bond donors (Lipinski definition) is 3. The smallest absolute Gasteiger partial charge is 0.331 e. The molecule has 0 aliphatic rings. The number of rotatable bonds is 9. The Bertz CT molecular complexity index is 647. The lowest BCUT2D eigenvalue weighted by molar-refractivity contribution is -0.137. The first-order chi connectivity index (χ1) is 11.6. The number of halogens is 1. The molecule has 4 N–H and O–H groups in total. The van der Waals surface area contributed by atoms with Gasteiger partial charge in [0.15, 0.2) is 5.37 Å². The number of carbonyl (C=O) groups is 1. The summed E-state index contributed by atoms with van der Waals surface area (Å²) in [7, 11) is 0. The van der Waals surface area contributed by atoms with Crippen LogP contribution >= 0.6 is 27.7 Å². The van der Waals surface area contributed by atoms with Gasteiger partial charge in [-0.25, -0.2) is 4.79 Å². The number of aliphatic carboxylic acids is 1. The van der Waals surface area contributed by atoms with Crippen LogP contribution in [0.15, 0.2) is 57.9 Å². The van der Waals surface area contributed by atoms with Crippen molar-refractivity contribution in [1.29, 1.82) is 0 Å². The Labute approximate surface area is 155 Å². The fourth-order valence-corrected chi connectivity index (χ4v) is 3.35. The van der Waals surface area contributed by atoms with E-state index < -0.39 is 11.3 Å². The first kappa shape index (κ1) is 19.0. The quantitative estimate of drug-likeness (QED) is 0.438. The lowest BCUT2D eigenvalue weighted by Crippen LogP contribution is -2.35. The highest BCUT2D eigenvalue weighted by atomic mass is 79.9. The van der Waals surface area contributed by atoms with Crippen molar-refractivity contribution in [3.8, 4) is 0 Å². The standard InChI is InChI=1S/C18H21BrN2O2S/c19-15-5-1-14(2-6-15)10-12-21-17(18(22)23)24-16-7-3-13(4-8-16)9-11-20/h1-8,17,21H,9-12,20H2,(H,22,23). The molecule has 4 nitrogen and oxygen atoms in total. The minimum Gasteiger partial charge on any atom is -0.479 e. The topological polar surface area (TPSA) is 75.3 Å². The normalized spacial score (nSPS) is 12.1. The van der Waals surface area contributed by atoms with Crippen molar-refractivity contribution >= 4 is 33.7 Å². The van der Waals surface area contributed by atoms with Crippen LogP contribution in [0.4, 0.5) is 0 Å². The largest absolute Gasteiger partial charge is 0.479 e. The van der Waals surface area contributed by atoms with Crippen LogP contribution in [0.5, 0.6) is 0 Å². The molecule has 0 saturated heterocycles. The Balaban J connectivity index is 1.87. The van der Waals surface area contributed by atoms with E-state index in [0.717, 1.165) is 27.8 Å². The number of nitrogens with one attached hydrogen (secondary N) is 1. The van der Waals surface area contributed by atoms with Crippen LogP contribution in [0.25, 0.3) is 0 Å².